The predicted molar refractivity (Wildman–Crippen MR) is 260 cm³/mol. The van der Waals surface area contributed by atoms with Gasteiger partial charge < -0.3 is 80.8 Å². The van der Waals surface area contributed by atoms with Crippen molar-refractivity contribution in [2.24, 2.45) is 45.7 Å². The van der Waals surface area contributed by atoms with Gasteiger partial charge in [-0.05, 0) is 56.8 Å². The molecule has 0 aliphatic rings. The lowest BCUT2D eigenvalue weighted by Gasteiger charge is -2.29. The smallest absolute Gasteiger partial charge is 0.327 e. The molecule has 0 spiro atoms. The van der Waals surface area contributed by atoms with Crippen LogP contribution in [0.5, 0.6) is 0 Å². The minimum absolute atomic E-state index is 0.0148. The number of rotatable bonds is 33. The molecule has 0 aromatic rings. The molecule has 394 valence electrons. The fraction of sp³-hybridized carbons (Fsp3) is 0.732. The van der Waals surface area contributed by atoms with Crippen molar-refractivity contribution >= 4 is 90.4 Å². The van der Waals surface area contributed by atoms with E-state index in [9.17, 15) is 63.3 Å². The quantitative estimate of drug-likeness (QED) is 0.0126. The molecule has 0 aliphatic carbocycles. The van der Waals surface area contributed by atoms with Gasteiger partial charge in [-0.25, -0.2) is 4.79 Å². The zero-order valence-corrected chi connectivity index (χ0v) is 41.9. The van der Waals surface area contributed by atoms with E-state index in [1.54, 1.807) is 41.5 Å². The average molecular weight is 1020 g/mol. The maximum absolute atomic E-state index is 14.1. The number of nitrogens with zero attached hydrogens (tertiary/aromatic N) is 1. The first-order chi connectivity index (χ1) is 32.1. The highest BCUT2D eigenvalue weighted by atomic mass is 32.1. The number of hydrogen-bond acceptors (Lipinski definition) is 16. The fourth-order valence-electron chi connectivity index (χ4n) is 6.26. The first kappa shape index (κ1) is 63.5. The molecule has 9 amide bonds. The molecule has 69 heavy (non-hydrogen) atoms. The largest absolute Gasteiger partial charge is 0.480 e. The van der Waals surface area contributed by atoms with Crippen molar-refractivity contribution in [2.75, 3.05) is 24.7 Å². The molecule has 19 N–H and O–H groups in total. The number of nitrogens with one attached hydrogen (secondary N) is 8. The van der Waals surface area contributed by atoms with Gasteiger partial charge in [-0.15, -0.1) is 0 Å². The number of carboxylic acid groups (broad SMARTS) is 1. The summed E-state index contributed by atoms with van der Waals surface area (Å²) in [6.45, 7) is 10.4. The van der Waals surface area contributed by atoms with Gasteiger partial charge in [0.15, 0.2) is 5.96 Å². The number of amides is 9. The number of carbonyl (C=O) groups is 10. The topological polar surface area (TPSA) is 444 Å². The van der Waals surface area contributed by atoms with Gasteiger partial charge in [-0.1, -0.05) is 41.5 Å². The molecule has 0 rings (SSSR count). The highest BCUT2D eigenvalue weighted by Crippen LogP contribution is 2.13. The van der Waals surface area contributed by atoms with Crippen LogP contribution in [0.15, 0.2) is 4.99 Å². The molecule has 0 radical (unpaired) electrons. The third-order valence-corrected chi connectivity index (χ3v) is 10.8. The first-order valence-electron chi connectivity index (χ1n) is 22.4. The van der Waals surface area contributed by atoms with Crippen molar-refractivity contribution in [2.45, 2.75) is 147 Å². The second kappa shape index (κ2) is 32.4. The van der Waals surface area contributed by atoms with Crippen LogP contribution in [0.4, 0.5) is 0 Å². The normalized spacial score (nSPS) is 15.6. The van der Waals surface area contributed by atoms with E-state index in [4.69, 9.17) is 22.9 Å². The van der Waals surface area contributed by atoms with E-state index in [0.717, 1.165) is 0 Å². The number of primary amides is 1. The standard InChI is InChI=1S/C41H75N13O13S2/c1-18(2)13-25(35(61)50-26(14-19(3)4)36(62)53-30(20(5)6)38(64)52-28(17-69)40(66)67)49-33(59)23(9-8-12-46-41(44)45)47-34(60)24(10-11-29(43)57)48-37(63)27(15-55)51-39(65)31(21(7)56)54-32(58)22(42)16-68/h18-28,30-31,55-56,68-69H,8-17,42H2,1-7H3,(H2,43,57)(H,47,60)(H,48,63)(H,49,59)(H,50,61)(H,51,65)(H,52,64)(H,53,62)(H,54,58)(H,66,67)(H4,44,45,46)/t21-,22+,23+,24+,25+,26+,27+,28+,30+,31+/m1/s1. The van der Waals surface area contributed by atoms with E-state index in [1.807, 2.05) is 0 Å². The van der Waals surface area contributed by atoms with E-state index in [2.05, 4.69) is 72.8 Å². The van der Waals surface area contributed by atoms with Crippen LogP contribution < -0.4 is 65.5 Å². The maximum atomic E-state index is 14.1. The lowest BCUT2D eigenvalue weighted by Crippen LogP contribution is -2.62. The summed E-state index contributed by atoms with van der Waals surface area (Å²) in [7, 11) is 0. The SMILES string of the molecule is CC(C)C[C@H](NC(=O)[C@H](CCCN=C(N)N)NC(=O)[C@H](CCC(N)=O)NC(=O)[C@H](CO)NC(=O)[C@@H](NC(=O)[C@@H](N)CS)[C@@H](C)O)C(=O)N[C@@H](CC(C)C)C(=O)N[C@H](C(=O)N[C@@H](CS)C(=O)O)C(C)C. The van der Waals surface area contributed by atoms with Crippen LogP contribution in [0, 0.1) is 17.8 Å². The fourth-order valence-corrected chi connectivity index (χ4v) is 6.68. The van der Waals surface area contributed by atoms with Crippen molar-refractivity contribution in [1.82, 2.24) is 42.5 Å². The maximum Gasteiger partial charge on any atom is 0.327 e. The van der Waals surface area contributed by atoms with E-state index >= 15 is 0 Å². The Labute approximate surface area is 412 Å². The molecule has 0 saturated carbocycles. The highest BCUT2D eigenvalue weighted by Gasteiger charge is 2.36. The van der Waals surface area contributed by atoms with Crippen molar-refractivity contribution in [1.29, 1.82) is 0 Å². The molecule has 26 nitrogen and oxygen atoms in total. The van der Waals surface area contributed by atoms with E-state index in [-0.39, 0.29) is 61.5 Å². The minimum atomic E-state index is -1.79. The van der Waals surface area contributed by atoms with Gasteiger partial charge >= 0.3 is 5.97 Å². The summed E-state index contributed by atoms with van der Waals surface area (Å²) in [6.07, 6.45) is -2.41. The predicted octanol–water partition coefficient (Wildman–Crippen LogP) is -5.42. The van der Waals surface area contributed by atoms with Crippen LogP contribution >= 0.6 is 25.3 Å². The van der Waals surface area contributed by atoms with Crippen molar-refractivity contribution in [3.8, 4) is 0 Å². The number of aliphatic hydroxyl groups excluding tert-OH is 2. The number of aliphatic carboxylic acids is 1. The Balaban J connectivity index is 6.73. The molecule has 0 fully saturated rings. The average Bonchev–Trinajstić information content (AvgIpc) is 3.25. The number of aliphatic imine (C=N–C) groups is 1. The van der Waals surface area contributed by atoms with Crippen LogP contribution in [-0.2, 0) is 47.9 Å². The second-order valence-electron chi connectivity index (χ2n) is 17.5. The van der Waals surface area contributed by atoms with Crippen molar-refractivity contribution in [3.05, 3.63) is 0 Å². The Morgan fingerprint density at radius 2 is 0.942 bits per heavy atom. The van der Waals surface area contributed by atoms with E-state index in [1.165, 1.54) is 6.92 Å². The van der Waals surface area contributed by atoms with Crippen LogP contribution in [0.2, 0.25) is 0 Å². The molecule has 0 aromatic heterocycles. The Kier molecular flexibility index (Phi) is 29.8. The molecule has 0 heterocycles. The summed E-state index contributed by atoms with van der Waals surface area (Å²) >= 11 is 7.89. The molecule has 0 unspecified atom stereocenters. The molecular weight excluding hydrogens is 947 g/mol. The van der Waals surface area contributed by atoms with Gasteiger partial charge in [0, 0.05) is 24.5 Å². The summed E-state index contributed by atoms with van der Waals surface area (Å²) in [4.78, 5) is 135. The molecule has 10 atom stereocenters. The van der Waals surface area contributed by atoms with Crippen LogP contribution in [0.25, 0.3) is 0 Å². The van der Waals surface area contributed by atoms with Gasteiger partial charge in [-0.2, -0.15) is 25.3 Å². The third-order valence-electron chi connectivity index (χ3n) is 10.0. The van der Waals surface area contributed by atoms with Crippen LogP contribution in [0.1, 0.15) is 87.0 Å². The van der Waals surface area contributed by atoms with Gasteiger partial charge in [0.2, 0.25) is 53.2 Å². The van der Waals surface area contributed by atoms with Crippen LogP contribution in [0.3, 0.4) is 0 Å². The zero-order valence-electron chi connectivity index (χ0n) is 40.2. The summed E-state index contributed by atoms with van der Waals surface area (Å²) in [5.41, 5.74) is 21.9. The molecule has 0 aromatic carbocycles. The Hall–Kier alpha value is -5.45. The number of aliphatic hydroxyl groups is 2. The van der Waals surface area contributed by atoms with Crippen molar-refractivity contribution < 1.29 is 63.3 Å². The van der Waals surface area contributed by atoms with E-state index in [0.29, 0.717) is 0 Å². The summed E-state index contributed by atoms with van der Waals surface area (Å²) in [6, 6.07) is -12.8. The Morgan fingerprint density at radius 1 is 0.536 bits per heavy atom. The number of carboxylic acids is 1. The van der Waals surface area contributed by atoms with Crippen molar-refractivity contribution in [3.63, 3.8) is 0 Å². The highest BCUT2D eigenvalue weighted by molar-refractivity contribution is 7.80. The number of nitrogens with two attached hydrogens (primary N) is 4. The number of thiol groups is 2. The number of guanidine groups is 1. The third kappa shape index (κ3) is 24.6. The zero-order chi connectivity index (χ0) is 53.3. The summed E-state index contributed by atoms with van der Waals surface area (Å²) in [5.74, 6) is -11.2. The molecule has 28 heteroatoms. The second-order valence-corrected chi connectivity index (χ2v) is 18.3. The Morgan fingerprint density at radius 3 is 1.35 bits per heavy atom. The summed E-state index contributed by atoms with van der Waals surface area (Å²) < 4.78 is 0. The first-order valence-corrected chi connectivity index (χ1v) is 23.6. The van der Waals surface area contributed by atoms with Gasteiger partial charge in [0.1, 0.15) is 48.3 Å². The molecule has 0 aliphatic heterocycles. The number of hydrogen-bond donors (Lipinski definition) is 17. The molecule has 0 bridgehead atoms. The minimum Gasteiger partial charge on any atom is -0.480 e. The number of carbonyl (C=O) groups excluding carboxylic acids is 9. The monoisotopic (exact) mass is 1020 g/mol. The van der Waals surface area contributed by atoms with Gasteiger partial charge in [0.25, 0.3) is 0 Å². The summed E-state index contributed by atoms with van der Waals surface area (Å²) in [5, 5.41) is 49.1. The van der Waals surface area contributed by atoms with Crippen LogP contribution in [-0.4, -0.2) is 166 Å². The molecular formula is C41H75N13O13S2. The van der Waals surface area contributed by atoms with E-state index < -0.39 is 145 Å². The van der Waals surface area contributed by atoms with Gasteiger partial charge in [0.05, 0.1) is 18.8 Å². The lowest BCUT2D eigenvalue weighted by atomic mass is 9.98. The lowest BCUT2D eigenvalue weighted by molar-refractivity contribution is -0.142. The van der Waals surface area contributed by atoms with Gasteiger partial charge in [-0.3, -0.25) is 48.1 Å². The molecule has 0 saturated heterocycles. The Bertz CT molecular complexity index is 1790.